The molecule has 0 saturated heterocycles. The minimum absolute atomic E-state index is 0.0578. The molecule has 0 atom stereocenters. The number of ether oxygens (including phenoxy) is 2. The highest BCUT2D eigenvalue weighted by Crippen LogP contribution is 2.34. The third-order valence-corrected chi connectivity index (χ3v) is 9.81. The number of hydrogen-bond acceptors (Lipinski definition) is 11. The van der Waals surface area contributed by atoms with Crippen LogP contribution in [0.5, 0.6) is 0 Å². The highest BCUT2D eigenvalue weighted by Gasteiger charge is 2.32. The molecule has 0 saturated carbocycles. The topological polar surface area (TPSA) is 186 Å². The zero-order valence-corrected chi connectivity index (χ0v) is 30.5. The van der Waals surface area contributed by atoms with E-state index < -0.39 is 44.6 Å². The molecule has 0 aliphatic rings. The van der Waals surface area contributed by atoms with Gasteiger partial charge >= 0.3 is 11.9 Å². The van der Waals surface area contributed by atoms with Crippen LogP contribution in [0.3, 0.4) is 0 Å². The third kappa shape index (κ3) is 10.7. The Morgan fingerprint density at radius 2 is 1.48 bits per heavy atom. The first-order valence-electron chi connectivity index (χ1n) is 16.4. The molecule has 50 heavy (non-hydrogen) atoms. The Morgan fingerprint density at radius 3 is 2.08 bits per heavy atom. The molecule has 2 aromatic carbocycles. The number of rotatable bonds is 18. The molecule has 14 nitrogen and oxygen atoms in total. The average molecular weight is 714 g/mol. The normalized spacial score (nSPS) is 12.1. The summed E-state index contributed by atoms with van der Waals surface area (Å²) in [4.78, 5) is 63.2. The van der Waals surface area contributed by atoms with Gasteiger partial charge < -0.3 is 19.2 Å². The molecule has 1 aromatic heterocycles. The number of amides is 2. The molecule has 0 aliphatic heterocycles. The van der Waals surface area contributed by atoms with Crippen molar-refractivity contribution in [1.29, 1.82) is 0 Å². The van der Waals surface area contributed by atoms with Gasteiger partial charge in [0, 0.05) is 37.5 Å². The molecule has 0 spiro atoms. The van der Waals surface area contributed by atoms with Crippen molar-refractivity contribution in [2.75, 3.05) is 26.3 Å². The lowest BCUT2D eigenvalue weighted by Gasteiger charge is -2.34. The number of nitrogens with zero attached hydrogens (tertiary/aromatic N) is 4. The molecule has 0 radical (unpaired) electrons. The lowest BCUT2D eigenvalue weighted by Crippen LogP contribution is -2.39. The number of H-pyrrole nitrogens is 1. The van der Waals surface area contributed by atoms with Crippen LogP contribution >= 0.6 is 0 Å². The van der Waals surface area contributed by atoms with Crippen LogP contribution in [-0.4, -0.2) is 95.4 Å². The summed E-state index contributed by atoms with van der Waals surface area (Å²) >= 11 is 0. The van der Waals surface area contributed by atoms with Gasteiger partial charge in [0.2, 0.25) is 5.91 Å². The second-order valence-electron chi connectivity index (χ2n) is 13.9. The van der Waals surface area contributed by atoms with Crippen LogP contribution in [0.4, 0.5) is 0 Å². The summed E-state index contributed by atoms with van der Waals surface area (Å²) in [5, 5.41) is 10.5. The zero-order chi connectivity index (χ0) is 37.3. The van der Waals surface area contributed by atoms with Crippen molar-refractivity contribution in [1.82, 2.24) is 24.6 Å². The van der Waals surface area contributed by atoms with Crippen LogP contribution in [0.2, 0.25) is 0 Å². The van der Waals surface area contributed by atoms with Gasteiger partial charge in [-0.25, -0.2) is 17.5 Å². The third-order valence-electron chi connectivity index (χ3n) is 7.90. The molecule has 0 unspecified atom stereocenters. The number of hydrogen-bond donors (Lipinski definition) is 1. The van der Waals surface area contributed by atoms with Crippen LogP contribution in [0, 0.1) is 10.8 Å². The van der Waals surface area contributed by atoms with E-state index >= 15 is 0 Å². The zero-order valence-electron chi connectivity index (χ0n) is 29.7. The Bertz CT molecular complexity index is 1780. The number of aromatic nitrogens is 3. The van der Waals surface area contributed by atoms with Gasteiger partial charge in [-0.15, -0.1) is 0 Å². The number of aldehydes is 1. The van der Waals surface area contributed by atoms with E-state index in [1.165, 1.54) is 36.1 Å². The molecule has 1 N–H and O–H groups in total. The molecule has 3 rings (SSSR count). The van der Waals surface area contributed by atoms with Crippen molar-refractivity contribution in [3.05, 3.63) is 53.6 Å². The Balaban J connectivity index is 1.53. The second kappa shape index (κ2) is 16.8. The number of aromatic amines is 1. The number of carbonyl (C=O) groups is 5. The quantitative estimate of drug-likeness (QED) is 0.144. The van der Waals surface area contributed by atoms with E-state index in [9.17, 15) is 32.4 Å². The van der Waals surface area contributed by atoms with Crippen LogP contribution in [-0.2, 0) is 33.9 Å². The molecule has 272 valence electrons. The first kappa shape index (κ1) is 39.8. The first-order chi connectivity index (χ1) is 23.4. The fourth-order valence-corrected chi connectivity index (χ4v) is 7.15. The largest absolute Gasteiger partial charge is 0.465 e. The van der Waals surface area contributed by atoms with Crippen LogP contribution in [0.1, 0.15) is 94.9 Å². The number of benzene rings is 2. The Morgan fingerprint density at radius 1 is 0.880 bits per heavy atom. The van der Waals surface area contributed by atoms with Crippen molar-refractivity contribution in [3.63, 3.8) is 0 Å². The highest BCUT2D eigenvalue weighted by atomic mass is 32.2. The van der Waals surface area contributed by atoms with E-state index in [-0.39, 0.29) is 62.1 Å². The van der Waals surface area contributed by atoms with Gasteiger partial charge in [-0.2, -0.15) is 15.4 Å². The summed E-state index contributed by atoms with van der Waals surface area (Å²) in [5.74, 6) is -2.04. The summed E-state index contributed by atoms with van der Waals surface area (Å²) in [5.41, 5.74) is 0.907. The van der Waals surface area contributed by atoms with Crippen LogP contribution in [0.25, 0.3) is 11.0 Å². The van der Waals surface area contributed by atoms with E-state index in [0.29, 0.717) is 33.6 Å². The molecule has 15 heteroatoms. The molecular formula is C35H47N5O9S. The predicted molar refractivity (Wildman–Crippen MR) is 184 cm³/mol. The van der Waals surface area contributed by atoms with Gasteiger partial charge in [-0.3, -0.25) is 14.4 Å². The van der Waals surface area contributed by atoms with Crippen molar-refractivity contribution < 1.29 is 41.9 Å². The lowest BCUT2D eigenvalue weighted by molar-refractivity contribution is -0.147. The van der Waals surface area contributed by atoms with E-state index in [0.717, 1.165) is 0 Å². The maximum atomic E-state index is 13.4. The maximum Gasteiger partial charge on any atom is 0.338 e. The van der Waals surface area contributed by atoms with Gasteiger partial charge in [0.1, 0.15) is 17.3 Å². The molecule has 2 amide bonds. The molecule has 1 heterocycles. The van der Waals surface area contributed by atoms with Crippen molar-refractivity contribution in [2.45, 2.75) is 85.1 Å². The maximum absolute atomic E-state index is 13.4. The smallest absolute Gasteiger partial charge is 0.338 e. The van der Waals surface area contributed by atoms with Crippen LogP contribution < -0.4 is 0 Å². The number of sulfonamides is 1. The number of esters is 2. The van der Waals surface area contributed by atoms with Crippen molar-refractivity contribution in [3.8, 4) is 0 Å². The standard InChI is InChI=1S/C35H47N5O9S/c1-8-40(30(42)10-9-19-41)50(46,47)27-14-11-25(12-15-27)32(44)39(24(2)3)18-17-31(43)48-22-34(4,5)21-35(6,7)23-49-33(45)26-13-16-28-29(20-26)37-38-36-28/h11-16,19-20,24H,8-10,17-18,21-23H2,1-7H3,(H,36,37,38). The van der Waals surface area contributed by atoms with Crippen molar-refractivity contribution >= 4 is 51.1 Å². The molecule has 0 fully saturated rings. The molecular weight excluding hydrogens is 666 g/mol. The number of nitrogens with one attached hydrogen (secondary N) is 1. The van der Waals surface area contributed by atoms with E-state index in [2.05, 4.69) is 15.4 Å². The van der Waals surface area contributed by atoms with Crippen LogP contribution in [0.15, 0.2) is 47.4 Å². The summed E-state index contributed by atoms with van der Waals surface area (Å²) in [6.07, 6.45) is 0.757. The minimum Gasteiger partial charge on any atom is -0.465 e. The monoisotopic (exact) mass is 713 g/mol. The SMILES string of the molecule is CCN(C(=O)CCC=O)S(=O)(=O)c1ccc(C(=O)N(CCC(=O)OCC(C)(C)CC(C)(C)COC(=O)c2ccc3n[nH]nc3c2)C(C)C)cc1. The van der Waals surface area contributed by atoms with Gasteiger partial charge in [0.25, 0.3) is 15.9 Å². The van der Waals surface area contributed by atoms with Gasteiger partial charge in [0.05, 0.1) is 30.1 Å². The molecule has 3 aromatic rings. The average Bonchev–Trinajstić information content (AvgIpc) is 3.53. The van der Waals surface area contributed by atoms with Gasteiger partial charge in [-0.1, -0.05) is 27.7 Å². The highest BCUT2D eigenvalue weighted by molar-refractivity contribution is 7.89. The molecule has 0 aliphatic carbocycles. The summed E-state index contributed by atoms with van der Waals surface area (Å²) < 4.78 is 38.0. The summed E-state index contributed by atoms with van der Waals surface area (Å²) in [6.45, 7) is 13.2. The van der Waals surface area contributed by atoms with E-state index in [1.807, 2.05) is 27.7 Å². The minimum atomic E-state index is -4.18. The van der Waals surface area contributed by atoms with Gasteiger partial charge in [0.15, 0.2) is 0 Å². The Labute approximate surface area is 292 Å². The van der Waals surface area contributed by atoms with E-state index in [4.69, 9.17) is 9.47 Å². The van der Waals surface area contributed by atoms with E-state index in [1.54, 1.807) is 32.0 Å². The fourth-order valence-electron chi connectivity index (χ4n) is 5.71. The Hall–Kier alpha value is -4.66. The first-order valence-corrected chi connectivity index (χ1v) is 17.9. The summed E-state index contributed by atoms with van der Waals surface area (Å²) in [7, 11) is -4.18. The second-order valence-corrected chi connectivity index (χ2v) is 15.8. The van der Waals surface area contributed by atoms with Crippen molar-refractivity contribution in [2.24, 2.45) is 10.8 Å². The number of fused-ring (bicyclic) bond motifs is 1. The number of carbonyl (C=O) groups excluding carboxylic acids is 5. The summed E-state index contributed by atoms with van der Waals surface area (Å²) in [6, 6.07) is 9.90. The Kier molecular flexibility index (Phi) is 13.4. The fraction of sp³-hybridized carbons (Fsp3) is 0.514. The lowest BCUT2D eigenvalue weighted by atomic mass is 9.76. The predicted octanol–water partition coefficient (Wildman–Crippen LogP) is 4.56. The van der Waals surface area contributed by atoms with Gasteiger partial charge in [-0.05, 0) is 80.5 Å². The molecule has 0 bridgehead atoms.